The molecule has 2 N–H and O–H groups in total. The van der Waals surface area contributed by atoms with Crippen molar-refractivity contribution in [2.45, 2.75) is 0 Å². The van der Waals surface area contributed by atoms with Crippen molar-refractivity contribution in [1.82, 2.24) is 0 Å². The average Bonchev–Trinajstić information content (AvgIpc) is 2.94. The van der Waals surface area contributed by atoms with Gasteiger partial charge < -0.3 is 10.6 Å². The van der Waals surface area contributed by atoms with E-state index in [4.69, 9.17) is 11.6 Å². The third kappa shape index (κ3) is 1.90. The predicted octanol–water partition coefficient (Wildman–Crippen LogP) is 3.92. The van der Waals surface area contributed by atoms with Gasteiger partial charge in [-0.3, -0.25) is 9.59 Å². The number of carbonyl (C=O) groups is 2. The second kappa shape index (κ2) is 4.69. The maximum Gasteiger partial charge on any atom is 0.257 e. The topological polar surface area (TPSA) is 58.2 Å². The van der Waals surface area contributed by atoms with E-state index in [0.717, 1.165) is 4.47 Å². The molecule has 0 saturated carbocycles. The Balaban J connectivity index is 2.04. The molecular weight excluding hydrogens is 368 g/mol. The van der Waals surface area contributed by atoms with Crippen molar-refractivity contribution in [3.05, 3.63) is 57.0 Å². The summed E-state index contributed by atoms with van der Waals surface area (Å²) in [5.41, 5.74) is 3.43. The van der Waals surface area contributed by atoms with Gasteiger partial charge in [-0.2, -0.15) is 0 Å². The van der Waals surface area contributed by atoms with E-state index in [-0.39, 0.29) is 11.8 Å². The van der Waals surface area contributed by atoms with Crippen LogP contribution in [-0.4, -0.2) is 11.8 Å². The number of rotatable bonds is 0. The van der Waals surface area contributed by atoms with Crippen LogP contribution in [0.2, 0.25) is 5.02 Å². The van der Waals surface area contributed by atoms with Crippen molar-refractivity contribution < 1.29 is 9.59 Å². The summed E-state index contributed by atoms with van der Waals surface area (Å²) in [4.78, 5) is 24.7. The molecule has 0 saturated heterocycles. The molecule has 6 heteroatoms. The Morgan fingerprint density at radius 2 is 1.36 bits per heavy atom. The van der Waals surface area contributed by atoms with E-state index < -0.39 is 0 Å². The molecule has 0 bridgehead atoms. The minimum absolute atomic E-state index is 0.286. The van der Waals surface area contributed by atoms with Crippen molar-refractivity contribution in [3.8, 4) is 0 Å². The van der Waals surface area contributed by atoms with Crippen LogP contribution in [0.15, 0.2) is 40.9 Å². The van der Waals surface area contributed by atoms with E-state index in [1.807, 2.05) is 12.1 Å². The van der Waals surface area contributed by atoms with Gasteiger partial charge in [0.1, 0.15) is 0 Å². The number of carbonyl (C=O) groups excluding carboxylic acids is 2. The summed E-state index contributed by atoms with van der Waals surface area (Å²) in [7, 11) is 0. The summed E-state index contributed by atoms with van der Waals surface area (Å²) in [5.74, 6) is -0.582. The van der Waals surface area contributed by atoms with Gasteiger partial charge in [0, 0.05) is 32.0 Å². The molecular formula is C16H8BrClN2O2. The Hall–Kier alpha value is -2.11. The molecule has 0 spiro atoms. The fourth-order valence-corrected chi connectivity index (χ4v) is 3.31. The van der Waals surface area contributed by atoms with Gasteiger partial charge in [0.2, 0.25) is 0 Å². The number of benzene rings is 2. The molecule has 108 valence electrons. The number of fused-ring (bicyclic) bond motifs is 2. The van der Waals surface area contributed by atoms with E-state index in [0.29, 0.717) is 38.7 Å². The van der Waals surface area contributed by atoms with Gasteiger partial charge in [-0.05, 0) is 36.4 Å². The Kier molecular flexibility index (Phi) is 2.89. The summed E-state index contributed by atoms with van der Waals surface area (Å²) in [6, 6.07) is 10.6. The fraction of sp³-hybridized carbons (Fsp3) is 0. The zero-order chi connectivity index (χ0) is 15.4. The second-order valence-electron chi connectivity index (χ2n) is 5.04. The maximum absolute atomic E-state index is 12.4. The van der Waals surface area contributed by atoms with Crippen molar-refractivity contribution in [3.63, 3.8) is 0 Å². The van der Waals surface area contributed by atoms with Gasteiger partial charge in [0.05, 0.1) is 11.1 Å². The number of amides is 2. The quantitative estimate of drug-likeness (QED) is 0.686. The third-order valence-electron chi connectivity index (χ3n) is 3.70. The Bertz CT molecular complexity index is 832. The fourth-order valence-electron chi connectivity index (χ4n) is 2.78. The van der Waals surface area contributed by atoms with Crippen LogP contribution in [0.25, 0.3) is 11.1 Å². The van der Waals surface area contributed by atoms with E-state index in [1.165, 1.54) is 0 Å². The molecule has 2 heterocycles. The minimum Gasteiger partial charge on any atom is -0.321 e. The normalized spacial score (nSPS) is 18.8. The van der Waals surface area contributed by atoms with Crippen molar-refractivity contribution >= 4 is 61.9 Å². The van der Waals surface area contributed by atoms with Crippen LogP contribution >= 0.6 is 27.5 Å². The van der Waals surface area contributed by atoms with Crippen molar-refractivity contribution in [2.75, 3.05) is 10.6 Å². The predicted molar refractivity (Wildman–Crippen MR) is 89.7 cm³/mol. The largest absolute Gasteiger partial charge is 0.321 e. The number of hydrogen-bond donors (Lipinski definition) is 2. The molecule has 0 fully saturated rings. The van der Waals surface area contributed by atoms with Crippen LogP contribution in [-0.2, 0) is 9.59 Å². The first-order chi connectivity index (χ1) is 10.5. The summed E-state index contributed by atoms with van der Waals surface area (Å²) < 4.78 is 0.838. The molecule has 4 rings (SSSR count). The highest BCUT2D eigenvalue weighted by molar-refractivity contribution is 9.10. The number of anilines is 2. The zero-order valence-corrected chi connectivity index (χ0v) is 13.4. The van der Waals surface area contributed by atoms with Gasteiger partial charge in [-0.25, -0.2) is 0 Å². The Morgan fingerprint density at radius 1 is 0.818 bits per heavy atom. The average molecular weight is 376 g/mol. The molecule has 22 heavy (non-hydrogen) atoms. The summed E-state index contributed by atoms with van der Waals surface area (Å²) in [5, 5.41) is 6.07. The van der Waals surface area contributed by atoms with E-state index >= 15 is 0 Å². The highest BCUT2D eigenvalue weighted by atomic mass is 79.9. The number of hydrogen-bond acceptors (Lipinski definition) is 2. The van der Waals surface area contributed by atoms with Crippen LogP contribution in [0, 0.1) is 0 Å². The van der Waals surface area contributed by atoms with Crippen molar-refractivity contribution in [2.24, 2.45) is 0 Å². The number of halogens is 2. The van der Waals surface area contributed by atoms with E-state index in [2.05, 4.69) is 26.6 Å². The number of nitrogens with one attached hydrogen (secondary N) is 2. The molecule has 2 amide bonds. The first kappa shape index (κ1) is 13.5. The first-order valence-electron chi connectivity index (χ1n) is 6.51. The molecule has 0 aliphatic carbocycles. The first-order valence-corrected chi connectivity index (χ1v) is 7.68. The summed E-state index contributed by atoms with van der Waals surface area (Å²) in [6.07, 6.45) is 0. The highest BCUT2D eigenvalue weighted by Gasteiger charge is 2.35. The zero-order valence-electron chi connectivity index (χ0n) is 11.0. The molecule has 2 aromatic rings. The minimum atomic E-state index is -0.296. The van der Waals surface area contributed by atoms with Gasteiger partial charge in [-0.15, -0.1) is 0 Å². The van der Waals surface area contributed by atoms with Crippen LogP contribution in [0.1, 0.15) is 11.1 Å². The lowest BCUT2D eigenvalue weighted by atomic mass is 9.96. The SMILES string of the molecule is O=C1Nc2ccc(Cl)cc2C1=C1C(=O)Nc2ccc(Br)cc21. The molecule has 0 atom stereocenters. The highest BCUT2D eigenvalue weighted by Crippen LogP contribution is 2.43. The molecule has 4 nitrogen and oxygen atoms in total. The summed E-state index contributed by atoms with van der Waals surface area (Å²) in [6.45, 7) is 0. The van der Waals surface area contributed by atoms with E-state index in [9.17, 15) is 9.59 Å². The smallest absolute Gasteiger partial charge is 0.257 e. The van der Waals surface area contributed by atoms with Crippen LogP contribution in [0.5, 0.6) is 0 Å². The lowest BCUT2D eigenvalue weighted by molar-refractivity contribution is -0.112. The van der Waals surface area contributed by atoms with Gasteiger partial charge in [0.25, 0.3) is 11.8 Å². The molecule has 2 aliphatic heterocycles. The Morgan fingerprint density at radius 3 is 2.00 bits per heavy atom. The lowest BCUT2D eigenvalue weighted by Gasteiger charge is -2.04. The second-order valence-corrected chi connectivity index (χ2v) is 6.39. The molecule has 2 aromatic carbocycles. The van der Waals surface area contributed by atoms with Gasteiger partial charge >= 0.3 is 0 Å². The van der Waals surface area contributed by atoms with Crippen LogP contribution < -0.4 is 10.6 Å². The van der Waals surface area contributed by atoms with E-state index in [1.54, 1.807) is 24.3 Å². The molecule has 0 unspecified atom stereocenters. The maximum atomic E-state index is 12.4. The summed E-state index contributed by atoms with van der Waals surface area (Å²) >= 11 is 9.43. The lowest BCUT2D eigenvalue weighted by Crippen LogP contribution is -2.10. The molecule has 0 aromatic heterocycles. The standard InChI is InChI=1S/C16H8BrClN2O2/c17-7-1-3-11-9(5-7)13(15(21)19-11)14-10-6-8(18)2-4-12(10)20-16(14)22/h1-6H,(H,19,21)(H,20,22). The Labute approximate surface area is 139 Å². The van der Waals surface area contributed by atoms with Crippen LogP contribution in [0.4, 0.5) is 11.4 Å². The molecule has 2 aliphatic rings. The monoisotopic (exact) mass is 374 g/mol. The van der Waals surface area contributed by atoms with Gasteiger partial charge in [-0.1, -0.05) is 27.5 Å². The third-order valence-corrected chi connectivity index (χ3v) is 4.43. The van der Waals surface area contributed by atoms with Crippen LogP contribution in [0.3, 0.4) is 0 Å². The van der Waals surface area contributed by atoms with Gasteiger partial charge in [0.15, 0.2) is 0 Å². The molecule has 0 radical (unpaired) electrons. The van der Waals surface area contributed by atoms with Crippen molar-refractivity contribution in [1.29, 1.82) is 0 Å².